The van der Waals surface area contributed by atoms with Crippen LogP contribution in [-0.2, 0) is 17.8 Å². The minimum absolute atomic E-state index is 0.0427. The molecule has 4 nitrogen and oxygen atoms in total. The number of amides is 1. The van der Waals surface area contributed by atoms with Crippen LogP contribution in [0.5, 0.6) is 11.5 Å². The molecule has 1 atom stereocenters. The summed E-state index contributed by atoms with van der Waals surface area (Å²) in [6.07, 6.45) is 1.03. The first-order chi connectivity index (χ1) is 13.3. The molecule has 2 N–H and O–H groups in total. The molecule has 0 saturated carbocycles. The lowest BCUT2D eigenvalue weighted by molar-refractivity contribution is -0.907. The molecule has 0 saturated heterocycles. The first-order valence-electron chi connectivity index (χ1n) is 9.29. The second kappa shape index (κ2) is 8.06. The normalized spacial score (nSPS) is 15.6. The van der Waals surface area contributed by atoms with Gasteiger partial charge in [0, 0.05) is 17.7 Å². The Hall–Kier alpha value is -3.11. The van der Waals surface area contributed by atoms with E-state index in [1.165, 1.54) is 16.0 Å². The quantitative estimate of drug-likeness (QED) is 0.735. The van der Waals surface area contributed by atoms with Gasteiger partial charge < -0.3 is 15.0 Å². The summed E-state index contributed by atoms with van der Waals surface area (Å²) in [4.78, 5) is 13.7. The van der Waals surface area contributed by atoms with Crippen LogP contribution in [0.25, 0.3) is 0 Å². The summed E-state index contributed by atoms with van der Waals surface area (Å²) >= 11 is 0. The second-order valence-corrected chi connectivity index (χ2v) is 6.86. The molecule has 27 heavy (non-hydrogen) atoms. The van der Waals surface area contributed by atoms with E-state index >= 15 is 0 Å². The zero-order valence-corrected chi connectivity index (χ0v) is 15.2. The average molecular weight is 359 g/mol. The van der Waals surface area contributed by atoms with Gasteiger partial charge in [0.1, 0.15) is 18.0 Å². The molecule has 136 valence electrons. The first-order valence-corrected chi connectivity index (χ1v) is 9.29. The molecule has 1 aliphatic heterocycles. The van der Waals surface area contributed by atoms with Gasteiger partial charge >= 0.3 is 0 Å². The van der Waals surface area contributed by atoms with E-state index in [2.05, 4.69) is 29.6 Å². The maximum absolute atomic E-state index is 12.4. The van der Waals surface area contributed by atoms with E-state index in [-0.39, 0.29) is 5.91 Å². The van der Waals surface area contributed by atoms with Crippen LogP contribution >= 0.6 is 0 Å². The maximum Gasteiger partial charge on any atom is 0.279 e. The van der Waals surface area contributed by atoms with Gasteiger partial charge in [0.2, 0.25) is 0 Å². The summed E-state index contributed by atoms with van der Waals surface area (Å²) in [5, 5.41) is 2.99. The van der Waals surface area contributed by atoms with Crippen molar-refractivity contribution in [2.75, 3.05) is 18.4 Å². The van der Waals surface area contributed by atoms with E-state index < -0.39 is 0 Å². The van der Waals surface area contributed by atoms with Crippen molar-refractivity contribution in [3.05, 3.63) is 90.0 Å². The monoisotopic (exact) mass is 359 g/mol. The molecule has 1 heterocycles. The highest BCUT2D eigenvalue weighted by Gasteiger charge is 2.21. The van der Waals surface area contributed by atoms with E-state index in [0.29, 0.717) is 6.54 Å². The average Bonchev–Trinajstić information content (AvgIpc) is 2.70. The van der Waals surface area contributed by atoms with Crippen LogP contribution in [0.3, 0.4) is 0 Å². The van der Waals surface area contributed by atoms with Crippen LogP contribution in [0.4, 0.5) is 5.69 Å². The van der Waals surface area contributed by atoms with Crippen LogP contribution < -0.4 is 15.0 Å². The Morgan fingerprint density at radius 2 is 1.52 bits per heavy atom. The van der Waals surface area contributed by atoms with Crippen LogP contribution in [0.1, 0.15) is 11.1 Å². The van der Waals surface area contributed by atoms with Crippen LogP contribution in [0.2, 0.25) is 0 Å². The van der Waals surface area contributed by atoms with Gasteiger partial charge in [-0.3, -0.25) is 4.79 Å². The number of benzene rings is 3. The molecule has 0 bridgehead atoms. The number of quaternary nitrogens is 1. The first kappa shape index (κ1) is 17.3. The molecule has 3 aromatic carbocycles. The number of carbonyl (C=O) groups is 1. The molecule has 0 radical (unpaired) electrons. The van der Waals surface area contributed by atoms with E-state index in [4.69, 9.17) is 4.74 Å². The third-order valence-electron chi connectivity index (χ3n) is 4.83. The SMILES string of the molecule is O=C(C[NH+]1CCc2ccccc2C1)Nc1ccc(Oc2ccccc2)cc1. The fraction of sp³-hybridized carbons (Fsp3) is 0.174. The van der Waals surface area contributed by atoms with E-state index in [0.717, 1.165) is 36.7 Å². The number of para-hydroxylation sites is 1. The van der Waals surface area contributed by atoms with Crippen molar-refractivity contribution in [2.24, 2.45) is 0 Å². The fourth-order valence-electron chi connectivity index (χ4n) is 3.46. The largest absolute Gasteiger partial charge is 0.457 e. The minimum atomic E-state index is 0.0427. The van der Waals surface area contributed by atoms with Crippen molar-refractivity contribution in [3.8, 4) is 11.5 Å². The van der Waals surface area contributed by atoms with Crippen LogP contribution in [-0.4, -0.2) is 19.0 Å². The van der Waals surface area contributed by atoms with Crippen LogP contribution in [0.15, 0.2) is 78.9 Å². The lowest BCUT2D eigenvalue weighted by Gasteiger charge is -2.25. The van der Waals surface area contributed by atoms with Gasteiger partial charge in [0.15, 0.2) is 6.54 Å². The fourth-order valence-corrected chi connectivity index (χ4v) is 3.46. The zero-order valence-electron chi connectivity index (χ0n) is 15.2. The van der Waals surface area contributed by atoms with Crippen molar-refractivity contribution in [1.29, 1.82) is 0 Å². The lowest BCUT2D eigenvalue weighted by atomic mass is 10.00. The van der Waals surface area contributed by atoms with Crippen molar-refractivity contribution in [3.63, 3.8) is 0 Å². The van der Waals surface area contributed by atoms with Gasteiger partial charge in [-0.1, -0.05) is 42.5 Å². The molecule has 1 unspecified atom stereocenters. The van der Waals surface area contributed by atoms with Crippen LogP contribution in [0, 0.1) is 0 Å². The second-order valence-electron chi connectivity index (χ2n) is 6.86. The molecule has 0 aliphatic carbocycles. The Morgan fingerprint density at radius 3 is 2.30 bits per heavy atom. The summed E-state index contributed by atoms with van der Waals surface area (Å²) in [6, 6.07) is 25.6. The summed E-state index contributed by atoms with van der Waals surface area (Å²) in [6.45, 7) is 2.39. The highest BCUT2D eigenvalue weighted by Crippen LogP contribution is 2.22. The summed E-state index contributed by atoms with van der Waals surface area (Å²) in [5.41, 5.74) is 3.56. The van der Waals surface area contributed by atoms with Crippen molar-refractivity contribution < 1.29 is 14.4 Å². The molecule has 0 fully saturated rings. The minimum Gasteiger partial charge on any atom is -0.457 e. The zero-order chi connectivity index (χ0) is 18.5. The predicted molar refractivity (Wildman–Crippen MR) is 106 cm³/mol. The van der Waals surface area contributed by atoms with Gasteiger partial charge in [-0.05, 0) is 42.0 Å². The Bertz CT molecular complexity index is 907. The smallest absolute Gasteiger partial charge is 0.279 e. The van der Waals surface area contributed by atoms with Gasteiger partial charge in [0.25, 0.3) is 5.91 Å². The van der Waals surface area contributed by atoms with E-state index in [9.17, 15) is 4.79 Å². The van der Waals surface area contributed by atoms with E-state index in [1.54, 1.807) is 0 Å². The van der Waals surface area contributed by atoms with Crippen molar-refractivity contribution in [2.45, 2.75) is 13.0 Å². The third kappa shape index (κ3) is 4.54. The summed E-state index contributed by atoms with van der Waals surface area (Å²) in [5.74, 6) is 1.59. The molecular formula is C23H23N2O2+. The molecule has 0 aromatic heterocycles. The van der Waals surface area contributed by atoms with E-state index in [1.807, 2.05) is 54.6 Å². The number of carbonyl (C=O) groups excluding carboxylic acids is 1. The van der Waals surface area contributed by atoms with Gasteiger partial charge in [0.05, 0.1) is 6.54 Å². The number of nitrogens with one attached hydrogen (secondary N) is 2. The Kier molecular flexibility index (Phi) is 5.17. The molecule has 1 amide bonds. The Morgan fingerprint density at radius 1 is 0.852 bits per heavy atom. The molecule has 4 rings (SSSR count). The third-order valence-corrected chi connectivity index (χ3v) is 4.83. The number of anilines is 1. The Labute approximate surface area is 159 Å². The topological polar surface area (TPSA) is 42.8 Å². The standard InChI is InChI=1S/C23H22N2O2/c26-23(17-25-15-14-18-6-4-5-7-19(18)16-25)24-20-10-12-22(13-11-20)27-21-8-2-1-3-9-21/h1-13H,14-17H2,(H,24,26)/p+1. The lowest BCUT2D eigenvalue weighted by Crippen LogP contribution is -3.12. The number of hydrogen-bond donors (Lipinski definition) is 2. The Balaban J connectivity index is 1.31. The number of hydrogen-bond acceptors (Lipinski definition) is 2. The summed E-state index contributed by atoms with van der Waals surface area (Å²) in [7, 11) is 0. The predicted octanol–water partition coefficient (Wildman–Crippen LogP) is 3.06. The molecular weight excluding hydrogens is 336 g/mol. The highest BCUT2D eigenvalue weighted by molar-refractivity contribution is 5.91. The van der Waals surface area contributed by atoms with Gasteiger partial charge in [-0.2, -0.15) is 0 Å². The summed E-state index contributed by atoms with van der Waals surface area (Å²) < 4.78 is 5.78. The molecule has 3 aromatic rings. The van der Waals surface area contributed by atoms with Crippen molar-refractivity contribution in [1.82, 2.24) is 0 Å². The van der Waals surface area contributed by atoms with Crippen molar-refractivity contribution >= 4 is 11.6 Å². The number of rotatable bonds is 5. The number of fused-ring (bicyclic) bond motifs is 1. The molecule has 0 spiro atoms. The van der Waals surface area contributed by atoms with Gasteiger partial charge in [-0.15, -0.1) is 0 Å². The number of ether oxygens (including phenoxy) is 1. The molecule has 4 heteroatoms. The maximum atomic E-state index is 12.4. The van der Waals surface area contributed by atoms with Gasteiger partial charge in [-0.25, -0.2) is 0 Å². The highest BCUT2D eigenvalue weighted by atomic mass is 16.5. The molecule has 1 aliphatic rings.